The van der Waals surface area contributed by atoms with Gasteiger partial charge in [0, 0.05) is 19.3 Å². The van der Waals surface area contributed by atoms with Crippen LogP contribution in [-0.2, 0) is 28.6 Å². The number of esters is 3. The molecule has 6 heteroatoms. The van der Waals surface area contributed by atoms with Crippen molar-refractivity contribution >= 4 is 17.9 Å². The Kier molecular flexibility index (Phi) is 46.2. The smallest absolute Gasteiger partial charge is 0.306 e. The zero-order chi connectivity index (χ0) is 45.6. The van der Waals surface area contributed by atoms with Gasteiger partial charge in [0.1, 0.15) is 13.2 Å². The Morgan fingerprint density at radius 1 is 0.274 bits per heavy atom. The summed E-state index contributed by atoms with van der Waals surface area (Å²) in [6, 6.07) is 0. The summed E-state index contributed by atoms with van der Waals surface area (Å²) < 4.78 is 16.8. The molecule has 0 aliphatic heterocycles. The highest BCUT2D eigenvalue weighted by molar-refractivity contribution is 5.71. The van der Waals surface area contributed by atoms with Crippen LogP contribution in [0.25, 0.3) is 0 Å². The van der Waals surface area contributed by atoms with Gasteiger partial charge in [-0.25, -0.2) is 0 Å². The normalized spacial score (nSPS) is 12.1. The Balaban J connectivity index is 4.20. The van der Waals surface area contributed by atoms with Crippen LogP contribution in [0.1, 0.15) is 305 Å². The van der Waals surface area contributed by atoms with E-state index in [2.05, 4.69) is 41.5 Å². The van der Waals surface area contributed by atoms with Crippen molar-refractivity contribution in [3.8, 4) is 0 Å². The van der Waals surface area contributed by atoms with Gasteiger partial charge in [0.15, 0.2) is 6.10 Å². The Morgan fingerprint density at radius 2 is 0.468 bits per heavy atom. The number of carbonyl (C=O) groups is 3. The summed E-state index contributed by atoms with van der Waals surface area (Å²) in [7, 11) is 0. The van der Waals surface area contributed by atoms with Crippen LogP contribution in [-0.4, -0.2) is 37.2 Å². The van der Waals surface area contributed by atoms with Crippen LogP contribution in [0, 0.1) is 17.8 Å². The van der Waals surface area contributed by atoms with Crippen molar-refractivity contribution < 1.29 is 28.6 Å². The molecule has 0 aromatic heterocycles. The minimum absolute atomic E-state index is 0.0647. The van der Waals surface area contributed by atoms with Gasteiger partial charge in [-0.15, -0.1) is 0 Å². The molecule has 0 aromatic rings. The molecule has 0 aliphatic carbocycles. The summed E-state index contributed by atoms with van der Waals surface area (Å²) in [4.78, 5) is 38.0. The topological polar surface area (TPSA) is 78.9 Å². The lowest BCUT2D eigenvalue weighted by atomic mass is 10.0. The average molecular weight is 877 g/mol. The number of hydrogen-bond acceptors (Lipinski definition) is 6. The number of rotatable bonds is 49. The first-order valence-electron chi connectivity index (χ1n) is 27.6. The molecule has 0 N–H and O–H groups in total. The molecule has 6 nitrogen and oxygen atoms in total. The van der Waals surface area contributed by atoms with Crippen LogP contribution in [0.2, 0.25) is 0 Å². The van der Waals surface area contributed by atoms with Crippen LogP contribution >= 0.6 is 0 Å². The maximum Gasteiger partial charge on any atom is 0.306 e. The number of carbonyl (C=O) groups excluding carboxylic acids is 3. The summed E-state index contributed by atoms with van der Waals surface area (Å²) in [6.07, 6.45) is 48.2. The molecule has 0 radical (unpaired) electrons. The van der Waals surface area contributed by atoms with Gasteiger partial charge in [0.05, 0.1) is 0 Å². The van der Waals surface area contributed by atoms with E-state index < -0.39 is 6.10 Å². The summed E-state index contributed by atoms with van der Waals surface area (Å²) in [5, 5.41) is 0. The first-order chi connectivity index (χ1) is 30.1. The van der Waals surface area contributed by atoms with E-state index in [9.17, 15) is 14.4 Å². The highest BCUT2D eigenvalue weighted by Crippen LogP contribution is 2.18. The van der Waals surface area contributed by atoms with E-state index in [0.717, 1.165) is 75.5 Å². The third-order valence-electron chi connectivity index (χ3n) is 12.6. The highest BCUT2D eigenvalue weighted by atomic mass is 16.6. The molecule has 0 aliphatic rings. The van der Waals surface area contributed by atoms with E-state index in [0.29, 0.717) is 19.3 Å². The summed E-state index contributed by atoms with van der Waals surface area (Å²) >= 11 is 0. The van der Waals surface area contributed by atoms with Crippen molar-refractivity contribution in [1.82, 2.24) is 0 Å². The zero-order valence-corrected chi connectivity index (χ0v) is 42.7. The van der Waals surface area contributed by atoms with Gasteiger partial charge in [-0.1, -0.05) is 266 Å². The molecular formula is C56H108O6. The van der Waals surface area contributed by atoms with E-state index in [-0.39, 0.29) is 31.1 Å². The average Bonchev–Trinajstić information content (AvgIpc) is 3.23. The maximum absolute atomic E-state index is 12.8. The number of hydrogen-bond donors (Lipinski definition) is 0. The summed E-state index contributed by atoms with van der Waals surface area (Å²) in [5.74, 6) is 1.61. The van der Waals surface area contributed by atoms with Crippen LogP contribution < -0.4 is 0 Å². The minimum Gasteiger partial charge on any atom is -0.462 e. The lowest BCUT2D eigenvalue weighted by Crippen LogP contribution is -2.30. The molecule has 1 atom stereocenters. The molecule has 0 spiro atoms. The fourth-order valence-electron chi connectivity index (χ4n) is 8.47. The second-order valence-electron chi connectivity index (χ2n) is 20.6. The van der Waals surface area contributed by atoms with E-state index in [1.807, 2.05) is 0 Å². The van der Waals surface area contributed by atoms with Gasteiger partial charge in [0.2, 0.25) is 0 Å². The Labute approximate surface area is 387 Å². The molecule has 0 aromatic carbocycles. The highest BCUT2D eigenvalue weighted by Gasteiger charge is 2.19. The van der Waals surface area contributed by atoms with E-state index in [1.165, 1.54) is 186 Å². The molecule has 0 rings (SSSR count). The van der Waals surface area contributed by atoms with Crippen molar-refractivity contribution in [3.05, 3.63) is 0 Å². The summed E-state index contributed by atoms with van der Waals surface area (Å²) in [5.41, 5.74) is 0. The van der Waals surface area contributed by atoms with Crippen molar-refractivity contribution in [2.45, 2.75) is 311 Å². The SMILES string of the molecule is CC(C)CCCCCCCCCCCCCCCCCCCCC(=O)OC[C@@H](COC(=O)CCCCCCCCCCCC(C)C)OC(=O)CCCCCCCCCCC(C)C. The molecule has 0 saturated carbocycles. The van der Waals surface area contributed by atoms with E-state index in [1.54, 1.807) is 0 Å². The third-order valence-corrected chi connectivity index (χ3v) is 12.6. The first kappa shape index (κ1) is 60.4. The predicted molar refractivity (Wildman–Crippen MR) is 266 cm³/mol. The van der Waals surface area contributed by atoms with Crippen LogP contribution in [0.3, 0.4) is 0 Å². The lowest BCUT2D eigenvalue weighted by Gasteiger charge is -2.18. The molecule has 368 valence electrons. The van der Waals surface area contributed by atoms with Gasteiger partial charge in [-0.2, -0.15) is 0 Å². The molecular weight excluding hydrogens is 769 g/mol. The van der Waals surface area contributed by atoms with Gasteiger partial charge in [-0.3, -0.25) is 14.4 Å². The number of ether oxygens (including phenoxy) is 3. The lowest BCUT2D eigenvalue weighted by molar-refractivity contribution is -0.167. The molecule has 0 bridgehead atoms. The third kappa shape index (κ3) is 49.4. The van der Waals surface area contributed by atoms with Crippen LogP contribution in [0.4, 0.5) is 0 Å². The van der Waals surface area contributed by atoms with Gasteiger partial charge >= 0.3 is 17.9 Å². The fourth-order valence-corrected chi connectivity index (χ4v) is 8.47. The van der Waals surface area contributed by atoms with Crippen molar-refractivity contribution in [3.63, 3.8) is 0 Å². The van der Waals surface area contributed by atoms with Crippen molar-refractivity contribution in [1.29, 1.82) is 0 Å². The summed E-state index contributed by atoms with van der Waals surface area (Å²) in [6.45, 7) is 13.7. The Bertz CT molecular complexity index is 960. The Hall–Kier alpha value is -1.59. The molecule has 0 heterocycles. The molecule has 0 fully saturated rings. The van der Waals surface area contributed by atoms with E-state index in [4.69, 9.17) is 14.2 Å². The van der Waals surface area contributed by atoms with Gasteiger partial charge in [-0.05, 0) is 37.0 Å². The first-order valence-corrected chi connectivity index (χ1v) is 27.6. The van der Waals surface area contributed by atoms with Gasteiger partial charge < -0.3 is 14.2 Å². The van der Waals surface area contributed by atoms with Crippen LogP contribution in [0.5, 0.6) is 0 Å². The standard InChI is InChI=1S/C56H108O6/c1-50(2)42-36-30-24-18-15-13-11-9-7-8-10-12-14-16-20-27-33-39-45-54(57)60-48-53(62-56(59)47-41-35-29-23-22-26-32-38-44-52(5)6)49-61-55(58)46-40-34-28-21-17-19-25-31-37-43-51(3)4/h50-53H,7-49H2,1-6H3/t53-/m0/s1. The van der Waals surface area contributed by atoms with Gasteiger partial charge in [0.25, 0.3) is 0 Å². The molecule has 0 amide bonds. The monoisotopic (exact) mass is 877 g/mol. The number of unbranched alkanes of at least 4 members (excludes halogenated alkanes) is 32. The quantitative estimate of drug-likeness (QED) is 0.0344. The van der Waals surface area contributed by atoms with Crippen molar-refractivity contribution in [2.24, 2.45) is 17.8 Å². The molecule has 0 unspecified atom stereocenters. The van der Waals surface area contributed by atoms with Crippen LogP contribution in [0.15, 0.2) is 0 Å². The second kappa shape index (κ2) is 47.4. The maximum atomic E-state index is 12.8. The fraction of sp³-hybridized carbons (Fsp3) is 0.946. The predicted octanol–water partition coefficient (Wildman–Crippen LogP) is 17.9. The minimum atomic E-state index is -0.763. The Morgan fingerprint density at radius 3 is 0.694 bits per heavy atom. The molecule has 62 heavy (non-hydrogen) atoms. The van der Waals surface area contributed by atoms with E-state index >= 15 is 0 Å². The largest absolute Gasteiger partial charge is 0.462 e. The van der Waals surface area contributed by atoms with Crippen molar-refractivity contribution in [2.75, 3.05) is 13.2 Å². The zero-order valence-electron chi connectivity index (χ0n) is 42.7. The molecule has 0 saturated heterocycles. The second-order valence-corrected chi connectivity index (χ2v) is 20.6.